The van der Waals surface area contributed by atoms with E-state index in [9.17, 15) is 24.9 Å². The fraction of sp³-hybridized carbons (Fsp3) is 0.636. The molecule has 0 aliphatic carbocycles. The first-order valence-corrected chi connectivity index (χ1v) is 5.81. The number of carboxylic acids is 1. The van der Waals surface area contributed by atoms with Crippen molar-refractivity contribution in [3.63, 3.8) is 0 Å². The standard InChI is InChI=1S/C11H17NO8/c1-4(14)12-5-2-7(11(18)19)20-10(8(5)16)9(17)6(15)3-13/h2,5-6,8-10,13,15-17H,3H2,1H3,(H,12,14)(H,18,19)/t5?,6-,8?,9-,10?/m1/s1. The normalized spacial score (nSPS) is 28.9. The number of aliphatic hydroxyl groups excluding tert-OH is 4. The molecule has 0 saturated carbocycles. The minimum absolute atomic E-state index is 0.520. The van der Waals surface area contributed by atoms with E-state index in [4.69, 9.17) is 14.9 Å². The lowest BCUT2D eigenvalue weighted by molar-refractivity contribution is -0.156. The van der Waals surface area contributed by atoms with E-state index in [0.717, 1.165) is 6.08 Å². The number of ether oxygens (including phenoxy) is 1. The summed E-state index contributed by atoms with van der Waals surface area (Å²) in [6.45, 7) is 0.370. The van der Waals surface area contributed by atoms with E-state index in [1.54, 1.807) is 0 Å². The predicted molar refractivity (Wildman–Crippen MR) is 63.3 cm³/mol. The molecule has 5 atom stereocenters. The second kappa shape index (κ2) is 6.66. The van der Waals surface area contributed by atoms with Crippen LogP contribution in [0, 0.1) is 0 Å². The highest BCUT2D eigenvalue weighted by Crippen LogP contribution is 2.22. The Morgan fingerprint density at radius 2 is 2.05 bits per heavy atom. The first kappa shape index (κ1) is 16.4. The van der Waals surface area contributed by atoms with Crippen LogP contribution in [0.3, 0.4) is 0 Å². The number of rotatable bonds is 5. The van der Waals surface area contributed by atoms with Gasteiger partial charge in [0.25, 0.3) is 0 Å². The summed E-state index contributed by atoms with van der Waals surface area (Å²) in [5, 5.41) is 49.0. The number of aliphatic carboxylic acids is 1. The lowest BCUT2D eigenvalue weighted by Crippen LogP contribution is -2.57. The van der Waals surface area contributed by atoms with Crippen LogP contribution in [0.4, 0.5) is 0 Å². The third kappa shape index (κ3) is 3.67. The number of carbonyl (C=O) groups excluding carboxylic acids is 1. The molecule has 1 aliphatic rings. The van der Waals surface area contributed by atoms with Crippen LogP contribution < -0.4 is 5.32 Å². The van der Waals surface area contributed by atoms with Gasteiger partial charge >= 0.3 is 5.97 Å². The summed E-state index contributed by atoms with van der Waals surface area (Å²) in [7, 11) is 0. The fourth-order valence-corrected chi connectivity index (χ4v) is 1.80. The molecule has 0 radical (unpaired) electrons. The fourth-order valence-electron chi connectivity index (χ4n) is 1.80. The van der Waals surface area contributed by atoms with Crippen molar-refractivity contribution < 1.29 is 39.9 Å². The van der Waals surface area contributed by atoms with E-state index < -0.39 is 54.7 Å². The van der Waals surface area contributed by atoms with Gasteiger partial charge in [0.1, 0.15) is 18.3 Å². The molecular formula is C11H17NO8. The molecule has 6 N–H and O–H groups in total. The maximum absolute atomic E-state index is 11.0. The molecule has 0 aromatic carbocycles. The molecule has 1 amide bonds. The number of aliphatic hydroxyl groups is 4. The number of amides is 1. The van der Waals surface area contributed by atoms with Crippen molar-refractivity contribution in [1.82, 2.24) is 5.32 Å². The Morgan fingerprint density at radius 1 is 1.45 bits per heavy atom. The molecule has 114 valence electrons. The van der Waals surface area contributed by atoms with Crippen molar-refractivity contribution in [2.45, 2.75) is 37.4 Å². The number of carbonyl (C=O) groups is 2. The quantitative estimate of drug-likeness (QED) is 0.311. The largest absolute Gasteiger partial charge is 0.478 e. The van der Waals surface area contributed by atoms with Crippen molar-refractivity contribution in [2.24, 2.45) is 0 Å². The Kier molecular flexibility index (Phi) is 5.45. The zero-order valence-electron chi connectivity index (χ0n) is 10.6. The monoisotopic (exact) mass is 291 g/mol. The van der Waals surface area contributed by atoms with Crippen molar-refractivity contribution in [2.75, 3.05) is 6.61 Å². The zero-order chi connectivity index (χ0) is 15.4. The Balaban J connectivity index is 3.00. The van der Waals surface area contributed by atoms with Crippen LogP contribution in [-0.2, 0) is 14.3 Å². The maximum Gasteiger partial charge on any atom is 0.370 e. The van der Waals surface area contributed by atoms with Gasteiger partial charge in [0.2, 0.25) is 11.7 Å². The first-order chi connectivity index (χ1) is 9.27. The SMILES string of the molecule is CC(=O)NC1C=C(C(=O)O)OC([C@H](O)[C@H](O)CO)C1O. The molecule has 20 heavy (non-hydrogen) atoms. The predicted octanol–water partition coefficient (Wildman–Crippen LogP) is -3.07. The van der Waals surface area contributed by atoms with Gasteiger partial charge in [0.05, 0.1) is 12.6 Å². The van der Waals surface area contributed by atoms with Crippen molar-refractivity contribution in [3.8, 4) is 0 Å². The van der Waals surface area contributed by atoms with E-state index in [1.807, 2.05) is 0 Å². The van der Waals surface area contributed by atoms with Crippen LogP contribution in [0.15, 0.2) is 11.8 Å². The van der Waals surface area contributed by atoms with Gasteiger partial charge in [0, 0.05) is 6.92 Å². The van der Waals surface area contributed by atoms with E-state index in [1.165, 1.54) is 6.92 Å². The third-order valence-electron chi connectivity index (χ3n) is 2.80. The highest BCUT2D eigenvalue weighted by Gasteiger charge is 2.42. The Hall–Kier alpha value is -1.68. The van der Waals surface area contributed by atoms with Gasteiger partial charge in [-0.05, 0) is 6.08 Å². The molecule has 1 aliphatic heterocycles. The first-order valence-electron chi connectivity index (χ1n) is 5.81. The molecule has 9 heteroatoms. The van der Waals surface area contributed by atoms with Gasteiger partial charge in [0.15, 0.2) is 6.10 Å². The molecule has 3 unspecified atom stereocenters. The van der Waals surface area contributed by atoms with Gasteiger partial charge in [-0.15, -0.1) is 0 Å². The smallest absolute Gasteiger partial charge is 0.370 e. The van der Waals surface area contributed by atoms with Gasteiger partial charge in [-0.2, -0.15) is 0 Å². The number of hydrogen-bond acceptors (Lipinski definition) is 7. The molecule has 0 spiro atoms. The highest BCUT2D eigenvalue weighted by atomic mass is 16.5. The van der Waals surface area contributed by atoms with Gasteiger partial charge in [-0.25, -0.2) is 4.79 Å². The van der Waals surface area contributed by atoms with E-state index >= 15 is 0 Å². The summed E-state index contributed by atoms with van der Waals surface area (Å²) in [6.07, 6.45) is -5.36. The molecular weight excluding hydrogens is 274 g/mol. The highest BCUT2D eigenvalue weighted by molar-refractivity contribution is 5.85. The third-order valence-corrected chi connectivity index (χ3v) is 2.80. The van der Waals surface area contributed by atoms with Crippen LogP contribution in [0.5, 0.6) is 0 Å². The zero-order valence-corrected chi connectivity index (χ0v) is 10.6. The minimum Gasteiger partial charge on any atom is -0.478 e. The second-order valence-electron chi connectivity index (χ2n) is 4.38. The number of nitrogens with one attached hydrogen (secondary N) is 1. The summed E-state index contributed by atoms with van der Waals surface area (Å²) in [6, 6.07) is -1.10. The van der Waals surface area contributed by atoms with Crippen LogP contribution >= 0.6 is 0 Å². The average Bonchev–Trinajstić information content (AvgIpc) is 2.38. The van der Waals surface area contributed by atoms with Crippen LogP contribution in [0.25, 0.3) is 0 Å². The topological polar surface area (TPSA) is 157 Å². The maximum atomic E-state index is 11.0. The van der Waals surface area contributed by atoms with E-state index in [-0.39, 0.29) is 0 Å². The van der Waals surface area contributed by atoms with Crippen molar-refractivity contribution in [1.29, 1.82) is 0 Å². The average molecular weight is 291 g/mol. The molecule has 0 fully saturated rings. The number of hydrogen-bond donors (Lipinski definition) is 6. The van der Waals surface area contributed by atoms with Crippen LogP contribution in [-0.4, -0.2) is 74.5 Å². The Morgan fingerprint density at radius 3 is 2.50 bits per heavy atom. The lowest BCUT2D eigenvalue weighted by atomic mass is 9.94. The van der Waals surface area contributed by atoms with Crippen molar-refractivity contribution >= 4 is 11.9 Å². The van der Waals surface area contributed by atoms with Crippen LogP contribution in [0.2, 0.25) is 0 Å². The van der Waals surface area contributed by atoms with E-state index in [0.29, 0.717) is 0 Å². The van der Waals surface area contributed by atoms with Crippen molar-refractivity contribution in [3.05, 3.63) is 11.8 Å². The van der Waals surface area contributed by atoms with E-state index in [2.05, 4.69) is 5.32 Å². The minimum atomic E-state index is -1.73. The summed E-state index contributed by atoms with van der Waals surface area (Å²) < 4.78 is 4.90. The van der Waals surface area contributed by atoms with Crippen LogP contribution in [0.1, 0.15) is 6.92 Å². The molecule has 0 bridgehead atoms. The van der Waals surface area contributed by atoms with Gasteiger partial charge in [-0.3, -0.25) is 4.79 Å². The molecule has 9 nitrogen and oxygen atoms in total. The summed E-state index contributed by atoms with van der Waals surface area (Å²) in [5.41, 5.74) is 0. The Bertz CT molecular complexity index is 409. The molecule has 0 aromatic heterocycles. The van der Waals surface area contributed by atoms with Gasteiger partial charge < -0.3 is 35.6 Å². The number of carboxylic acid groups (broad SMARTS) is 1. The summed E-state index contributed by atoms with van der Waals surface area (Å²) in [5.74, 6) is -2.56. The molecule has 0 saturated heterocycles. The Labute approximate surface area is 114 Å². The molecule has 1 rings (SSSR count). The second-order valence-corrected chi connectivity index (χ2v) is 4.38. The summed E-state index contributed by atoms with van der Waals surface area (Å²) >= 11 is 0. The van der Waals surface area contributed by atoms with Gasteiger partial charge in [-0.1, -0.05) is 0 Å². The molecule has 1 heterocycles. The lowest BCUT2D eigenvalue weighted by Gasteiger charge is -2.36. The molecule has 0 aromatic rings. The summed E-state index contributed by atoms with van der Waals surface area (Å²) in [4.78, 5) is 21.9.